The fraction of sp³-hybridized carbons (Fsp3) is 0. The lowest BCUT2D eigenvalue weighted by Crippen LogP contribution is -2.08. The van der Waals surface area contributed by atoms with Crippen molar-refractivity contribution in [1.29, 1.82) is 0 Å². The second-order valence-electron chi connectivity index (χ2n) is 2.61. The number of anilines is 1. The van der Waals surface area contributed by atoms with Gasteiger partial charge in [-0.05, 0) is 28.1 Å². The number of nitrogen functional groups attached to an aromatic ring is 1. The molecule has 0 radical (unpaired) electrons. The summed E-state index contributed by atoms with van der Waals surface area (Å²) in [5, 5.41) is 0.503. The number of nitrogens with two attached hydrogens (primary N) is 1. The van der Waals surface area contributed by atoms with Crippen LogP contribution in [0.1, 0.15) is 0 Å². The SMILES string of the molecule is Nc1c(Br)oc2ccccc2c1=O. The van der Waals surface area contributed by atoms with E-state index in [1.54, 1.807) is 24.3 Å². The number of halogens is 1. The van der Waals surface area contributed by atoms with Crippen LogP contribution in [-0.4, -0.2) is 0 Å². The van der Waals surface area contributed by atoms with Crippen molar-refractivity contribution in [1.82, 2.24) is 0 Å². The van der Waals surface area contributed by atoms with Gasteiger partial charge in [0.1, 0.15) is 11.3 Å². The molecule has 0 amide bonds. The Morgan fingerprint density at radius 1 is 1.31 bits per heavy atom. The van der Waals surface area contributed by atoms with Crippen molar-refractivity contribution in [2.24, 2.45) is 0 Å². The first-order valence-electron chi connectivity index (χ1n) is 3.67. The summed E-state index contributed by atoms with van der Waals surface area (Å²) >= 11 is 3.08. The van der Waals surface area contributed by atoms with E-state index in [1.807, 2.05) is 0 Å². The van der Waals surface area contributed by atoms with Gasteiger partial charge in [0.25, 0.3) is 0 Å². The summed E-state index contributed by atoms with van der Waals surface area (Å²) in [5.41, 5.74) is 5.94. The average molecular weight is 240 g/mol. The van der Waals surface area contributed by atoms with Gasteiger partial charge in [0.2, 0.25) is 5.43 Å². The van der Waals surface area contributed by atoms with Crippen LogP contribution in [-0.2, 0) is 0 Å². The number of para-hydroxylation sites is 1. The number of hydrogen-bond donors (Lipinski definition) is 1. The molecule has 0 saturated heterocycles. The summed E-state index contributed by atoms with van der Waals surface area (Å²) in [4.78, 5) is 11.5. The highest BCUT2D eigenvalue weighted by molar-refractivity contribution is 9.10. The molecule has 0 bridgehead atoms. The first kappa shape index (κ1) is 8.31. The lowest BCUT2D eigenvalue weighted by Gasteiger charge is -1.99. The van der Waals surface area contributed by atoms with Crippen LogP contribution in [0.2, 0.25) is 0 Å². The molecule has 66 valence electrons. The Morgan fingerprint density at radius 3 is 2.77 bits per heavy atom. The molecule has 0 aliphatic heterocycles. The first-order chi connectivity index (χ1) is 6.20. The van der Waals surface area contributed by atoms with Crippen LogP contribution >= 0.6 is 15.9 Å². The molecule has 3 nitrogen and oxygen atoms in total. The van der Waals surface area contributed by atoms with E-state index >= 15 is 0 Å². The maximum absolute atomic E-state index is 11.5. The Kier molecular flexibility index (Phi) is 1.84. The second kappa shape index (κ2) is 2.88. The molecule has 1 aromatic heterocycles. The molecule has 4 heteroatoms. The predicted octanol–water partition coefficient (Wildman–Crippen LogP) is 2.14. The number of hydrogen-bond acceptors (Lipinski definition) is 3. The highest BCUT2D eigenvalue weighted by Crippen LogP contribution is 2.21. The molecule has 0 atom stereocenters. The van der Waals surface area contributed by atoms with Crippen LogP contribution < -0.4 is 11.2 Å². The number of benzene rings is 1. The molecule has 1 heterocycles. The smallest absolute Gasteiger partial charge is 0.216 e. The van der Waals surface area contributed by atoms with Crippen molar-refractivity contribution in [2.75, 3.05) is 5.73 Å². The molecular formula is C9H6BrNO2. The van der Waals surface area contributed by atoms with E-state index < -0.39 is 0 Å². The average Bonchev–Trinajstić information content (AvgIpc) is 2.15. The Morgan fingerprint density at radius 2 is 2.00 bits per heavy atom. The third-order valence-corrected chi connectivity index (χ3v) is 2.38. The molecule has 0 spiro atoms. The van der Waals surface area contributed by atoms with Gasteiger partial charge in [0, 0.05) is 0 Å². The van der Waals surface area contributed by atoms with Crippen LogP contribution in [0.5, 0.6) is 0 Å². The molecule has 0 unspecified atom stereocenters. The lowest BCUT2D eigenvalue weighted by atomic mass is 10.2. The molecule has 0 aliphatic carbocycles. The quantitative estimate of drug-likeness (QED) is 0.767. The van der Waals surface area contributed by atoms with Crippen molar-refractivity contribution in [3.63, 3.8) is 0 Å². The van der Waals surface area contributed by atoms with Crippen LogP contribution in [0.15, 0.2) is 38.1 Å². The lowest BCUT2D eigenvalue weighted by molar-refractivity contribution is 0.576. The summed E-state index contributed by atoms with van der Waals surface area (Å²) < 4.78 is 5.55. The summed E-state index contributed by atoms with van der Waals surface area (Å²) in [7, 11) is 0. The van der Waals surface area contributed by atoms with E-state index in [0.717, 1.165) is 0 Å². The fourth-order valence-corrected chi connectivity index (χ4v) is 1.48. The minimum Gasteiger partial charge on any atom is -0.447 e. The molecule has 0 aliphatic rings. The van der Waals surface area contributed by atoms with Crippen LogP contribution in [0.4, 0.5) is 5.69 Å². The van der Waals surface area contributed by atoms with Crippen molar-refractivity contribution >= 4 is 32.6 Å². The zero-order valence-electron chi connectivity index (χ0n) is 6.58. The van der Waals surface area contributed by atoms with E-state index in [2.05, 4.69) is 15.9 Å². The number of fused-ring (bicyclic) bond motifs is 1. The summed E-state index contributed by atoms with van der Waals surface area (Å²) in [6, 6.07) is 6.98. The summed E-state index contributed by atoms with van der Waals surface area (Å²) in [5.74, 6) is 0. The third kappa shape index (κ3) is 1.23. The van der Waals surface area contributed by atoms with Crippen molar-refractivity contribution < 1.29 is 4.42 Å². The Labute approximate surface area is 82.3 Å². The Balaban J connectivity index is 3.03. The fourth-order valence-electron chi connectivity index (χ4n) is 1.13. The summed E-state index contributed by atoms with van der Waals surface area (Å²) in [6.07, 6.45) is 0. The van der Waals surface area contributed by atoms with Crippen LogP contribution in [0, 0.1) is 0 Å². The van der Waals surface area contributed by atoms with Crippen molar-refractivity contribution in [3.8, 4) is 0 Å². The van der Waals surface area contributed by atoms with Gasteiger partial charge in [-0.15, -0.1) is 0 Å². The maximum Gasteiger partial charge on any atom is 0.216 e. The largest absolute Gasteiger partial charge is 0.447 e. The molecule has 0 fully saturated rings. The van der Waals surface area contributed by atoms with E-state index in [0.29, 0.717) is 11.0 Å². The van der Waals surface area contributed by atoms with E-state index in [1.165, 1.54) is 0 Å². The van der Waals surface area contributed by atoms with Gasteiger partial charge in [-0.3, -0.25) is 4.79 Å². The standard InChI is InChI=1S/C9H6BrNO2/c10-9-7(11)8(12)5-3-1-2-4-6(5)13-9/h1-4H,11H2. The van der Waals surface area contributed by atoms with Gasteiger partial charge in [-0.25, -0.2) is 0 Å². The molecule has 0 saturated carbocycles. The summed E-state index contributed by atoms with van der Waals surface area (Å²) in [6.45, 7) is 0. The van der Waals surface area contributed by atoms with Crippen LogP contribution in [0.25, 0.3) is 11.0 Å². The molecule has 13 heavy (non-hydrogen) atoms. The van der Waals surface area contributed by atoms with Gasteiger partial charge >= 0.3 is 0 Å². The second-order valence-corrected chi connectivity index (χ2v) is 3.33. The highest BCUT2D eigenvalue weighted by Gasteiger charge is 2.07. The minimum atomic E-state index is -0.200. The molecule has 2 aromatic rings. The third-order valence-electron chi connectivity index (χ3n) is 1.79. The molecule has 2 rings (SSSR count). The maximum atomic E-state index is 11.5. The zero-order chi connectivity index (χ0) is 9.42. The van der Waals surface area contributed by atoms with E-state index in [-0.39, 0.29) is 15.8 Å². The van der Waals surface area contributed by atoms with Crippen molar-refractivity contribution in [2.45, 2.75) is 0 Å². The monoisotopic (exact) mass is 239 g/mol. The first-order valence-corrected chi connectivity index (χ1v) is 4.46. The van der Waals surface area contributed by atoms with Gasteiger partial charge in [-0.2, -0.15) is 0 Å². The van der Waals surface area contributed by atoms with E-state index in [4.69, 9.17) is 10.2 Å². The van der Waals surface area contributed by atoms with Gasteiger partial charge < -0.3 is 10.2 Å². The Bertz CT molecular complexity index is 518. The topological polar surface area (TPSA) is 56.2 Å². The Hall–Kier alpha value is -1.29. The van der Waals surface area contributed by atoms with Crippen molar-refractivity contribution in [3.05, 3.63) is 39.2 Å². The molecular weight excluding hydrogens is 234 g/mol. The zero-order valence-corrected chi connectivity index (χ0v) is 8.17. The van der Waals surface area contributed by atoms with Gasteiger partial charge in [-0.1, -0.05) is 12.1 Å². The van der Waals surface area contributed by atoms with E-state index in [9.17, 15) is 4.79 Å². The highest BCUT2D eigenvalue weighted by atomic mass is 79.9. The molecule has 1 aromatic carbocycles. The normalized spacial score (nSPS) is 10.5. The van der Waals surface area contributed by atoms with Gasteiger partial charge in [0.15, 0.2) is 4.67 Å². The molecule has 2 N–H and O–H groups in total. The predicted molar refractivity (Wildman–Crippen MR) is 54.6 cm³/mol. The number of rotatable bonds is 0. The minimum absolute atomic E-state index is 0.110. The van der Waals surface area contributed by atoms with Gasteiger partial charge in [0.05, 0.1) is 5.39 Å². The van der Waals surface area contributed by atoms with Crippen LogP contribution in [0.3, 0.4) is 0 Å².